The van der Waals surface area contributed by atoms with Gasteiger partial charge >= 0.3 is 0 Å². The molecule has 0 amide bonds. The zero-order valence-electron chi connectivity index (χ0n) is 17.6. The lowest BCUT2D eigenvalue weighted by Gasteiger charge is -2.35. The number of hydrogen-bond donors (Lipinski definition) is 1. The molecule has 7 heteroatoms. The summed E-state index contributed by atoms with van der Waals surface area (Å²) in [5, 5.41) is 8.01. The average Bonchev–Trinajstić information content (AvgIpc) is 3.30. The van der Waals surface area contributed by atoms with Gasteiger partial charge in [0.15, 0.2) is 0 Å². The van der Waals surface area contributed by atoms with Crippen molar-refractivity contribution in [1.29, 1.82) is 0 Å². The minimum absolute atomic E-state index is 0.233. The Hall–Kier alpha value is -3.29. The first-order chi connectivity index (χ1) is 15.3. The molecule has 0 bridgehead atoms. The second-order valence-corrected chi connectivity index (χ2v) is 7.82. The summed E-state index contributed by atoms with van der Waals surface area (Å²) in [7, 11) is 0. The Kier molecular flexibility index (Phi) is 5.60. The number of benzene rings is 2. The van der Waals surface area contributed by atoms with Crippen molar-refractivity contribution in [3.8, 4) is 11.3 Å². The first kappa shape index (κ1) is 19.7. The van der Waals surface area contributed by atoms with Crippen molar-refractivity contribution in [2.24, 2.45) is 0 Å². The zero-order valence-corrected chi connectivity index (χ0v) is 17.6. The summed E-state index contributed by atoms with van der Waals surface area (Å²) < 4.78 is 7.35. The number of ether oxygens (including phenoxy) is 1. The van der Waals surface area contributed by atoms with Crippen LogP contribution < -0.4 is 5.32 Å². The van der Waals surface area contributed by atoms with E-state index in [9.17, 15) is 0 Å². The Balaban J connectivity index is 1.46. The molecule has 0 saturated carbocycles. The van der Waals surface area contributed by atoms with Crippen molar-refractivity contribution < 1.29 is 4.74 Å². The van der Waals surface area contributed by atoms with Crippen LogP contribution in [0.4, 0.5) is 5.82 Å². The molecule has 3 heterocycles. The van der Waals surface area contributed by atoms with Gasteiger partial charge in [-0.3, -0.25) is 4.90 Å². The van der Waals surface area contributed by atoms with Gasteiger partial charge in [0.2, 0.25) is 0 Å². The topological polar surface area (TPSA) is 67.6 Å². The van der Waals surface area contributed by atoms with E-state index in [1.54, 1.807) is 10.8 Å². The van der Waals surface area contributed by atoms with Gasteiger partial charge in [-0.05, 0) is 12.5 Å². The molecule has 1 saturated heterocycles. The van der Waals surface area contributed by atoms with Gasteiger partial charge < -0.3 is 10.1 Å². The first-order valence-corrected chi connectivity index (χ1v) is 10.7. The largest absolute Gasteiger partial charge is 0.379 e. The highest BCUT2D eigenvalue weighted by Gasteiger charge is 2.23. The van der Waals surface area contributed by atoms with Crippen molar-refractivity contribution in [1.82, 2.24) is 24.5 Å². The van der Waals surface area contributed by atoms with E-state index in [1.807, 2.05) is 24.3 Å². The van der Waals surface area contributed by atoms with E-state index < -0.39 is 0 Å². The molecule has 1 fully saturated rings. The van der Waals surface area contributed by atoms with Gasteiger partial charge in [-0.25, -0.2) is 4.98 Å². The Bertz CT molecular complexity index is 1140. The molecular weight excluding hydrogens is 388 g/mol. The number of aromatic nitrogens is 4. The first-order valence-electron chi connectivity index (χ1n) is 10.7. The highest BCUT2D eigenvalue weighted by molar-refractivity contribution is 5.65. The standard InChI is InChI=1S/C24H26N6O/c1-18-7-9-20(10-8-18)22(29-11-13-31-14-12-29)16-25-23-15-21(19-5-3-2-4-6-19)28-24-26-17-27-30(23)24/h2-10,15,17,22,25H,11-14,16H2,1H3. The van der Waals surface area contributed by atoms with Crippen LogP contribution in [0.3, 0.4) is 0 Å². The van der Waals surface area contributed by atoms with Gasteiger partial charge in [0.25, 0.3) is 5.78 Å². The molecule has 2 aromatic heterocycles. The normalized spacial score (nSPS) is 15.8. The monoisotopic (exact) mass is 414 g/mol. The van der Waals surface area contributed by atoms with Crippen LogP contribution in [0.1, 0.15) is 17.2 Å². The van der Waals surface area contributed by atoms with Crippen LogP contribution in [-0.4, -0.2) is 57.3 Å². The fraction of sp³-hybridized carbons (Fsp3) is 0.292. The lowest BCUT2D eigenvalue weighted by Crippen LogP contribution is -2.41. The number of morpholine rings is 1. The molecule has 0 spiro atoms. The van der Waals surface area contributed by atoms with Gasteiger partial charge in [0.05, 0.1) is 24.9 Å². The van der Waals surface area contributed by atoms with Crippen LogP contribution in [-0.2, 0) is 4.74 Å². The number of nitrogens with zero attached hydrogens (tertiary/aromatic N) is 5. The third kappa shape index (κ3) is 4.28. The molecule has 1 aliphatic rings. The fourth-order valence-electron chi connectivity index (χ4n) is 4.03. The summed E-state index contributed by atoms with van der Waals surface area (Å²) in [5.41, 5.74) is 4.50. The maximum Gasteiger partial charge on any atom is 0.254 e. The van der Waals surface area contributed by atoms with E-state index in [0.29, 0.717) is 5.78 Å². The minimum Gasteiger partial charge on any atom is -0.379 e. The van der Waals surface area contributed by atoms with Crippen LogP contribution >= 0.6 is 0 Å². The molecule has 5 rings (SSSR count). The van der Waals surface area contributed by atoms with E-state index in [2.05, 4.69) is 68.6 Å². The van der Waals surface area contributed by atoms with Crippen molar-refractivity contribution >= 4 is 11.6 Å². The van der Waals surface area contributed by atoms with Gasteiger partial charge in [-0.2, -0.15) is 14.6 Å². The number of rotatable bonds is 6. The van der Waals surface area contributed by atoms with Gasteiger partial charge in [0, 0.05) is 31.3 Å². The molecule has 1 aliphatic heterocycles. The highest BCUT2D eigenvalue weighted by Crippen LogP contribution is 2.25. The number of hydrogen-bond acceptors (Lipinski definition) is 6. The molecule has 7 nitrogen and oxygen atoms in total. The third-order valence-electron chi connectivity index (χ3n) is 5.75. The SMILES string of the molecule is Cc1ccc(C(CNc2cc(-c3ccccc3)nc3ncnn23)N2CCOCC2)cc1. The molecule has 158 valence electrons. The van der Waals surface area contributed by atoms with Crippen molar-refractivity contribution in [3.05, 3.63) is 78.1 Å². The van der Waals surface area contributed by atoms with Crippen LogP contribution in [0.15, 0.2) is 67.0 Å². The van der Waals surface area contributed by atoms with Gasteiger partial charge in [-0.15, -0.1) is 0 Å². The second kappa shape index (κ2) is 8.83. The molecule has 31 heavy (non-hydrogen) atoms. The summed E-state index contributed by atoms with van der Waals surface area (Å²) >= 11 is 0. The predicted octanol–water partition coefficient (Wildman–Crippen LogP) is 3.59. The Morgan fingerprint density at radius 3 is 2.58 bits per heavy atom. The number of fused-ring (bicyclic) bond motifs is 1. The Morgan fingerprint density at radius 1 is 1.03 bits per heavy atom. The molecular formula is C24H26N6O. The molecule has 1 atom stereocenters. The highest BCUT2D eigenvalue weighted by atomic mass is 16.5. The number of aryl methyl sites for hydroxylation is 1. The lowest BCUT2D eigenvalue weighted by molar-refractivity contribution is 0.0187. The Labute approximate surface area is 181 Å². The van der Waals surface area contributed by atoms with E-state index in [0.717, 1.165) is 49.9 Å². The average molecular weight is 415 g/mol. The summed E-state index contributed by atoms with van der Waals surface area (Å²) in [5.74, 6) is 1.47. The molecule has 1 unspecified atom stereocenters. The van der Waals surface area contributed by atoms with E-state index in [4.69, 9.17) is 4.74 Å². The predicted molar refractivity (Wildman–Crippen MR) is 121 cm³/mol. The zero-order chi connectivity index (χ0) is 21.0. The molecule has 1 N–H and O–H groups in total. The molecule has 2 aromatic carbocycles. The van der Waals surface area contributed by atoms with Crippen LogP contribution in [0.5, 0.6) is 0 Å². The molecule has 0 radical (unpaired) electrons. The van der Waals surface area contributed by atoms with Gasteiger partial charge in [0.1, 0.15) is 12.1 Å². The number of anilines is 1. The summed E-state index contributed by atoms with van der Waals surface area (Å²) in [6, 6.07) is 21.2. The van der Waals surface area contributed by atoms with Crippen molar-refractivity contribution in [2.45, 2.75) is 13.0 Å². The minimum atomic E-state index is 0.233. The van der Waals surface area contributed by atoms with Crippen molar-refractivity contribution in [3.63, 3.8) is 0 Å². The molecule has 0 aliphatic carbocycles. The van der Waals surface area contributed by atoms with E-state index in [1.165, 1.54) is 11.1 Å². The van der Waals surface area contributed by atoms with Crippen LogP contribution in [0.2, 0.25) is 0 Å². The quantitative estimate of drug-likeness (QED) is 0.520. The number of nitrogens with one attached hydrogen (secondary N) is 1. The summed E-state index contributed by atoms with van der Waals surface area (Å²) in [6.07, 6.45) is 1.54. The fourth-order valence-corrected chi connectivity index (χ4v) is 4.03. The smallest absolute Gasteiger partial charge is 0.254 e. The maximum absolute atomic E-state index is 5.59. The maximum atomic E-state index is 5.59. The van der Waals surface area contributed by atoms with Crippen molar-refractivity contribution in [2.75, 3.05) is 38.2 Å². The second-order valence-electron chi connectivity index (χ2n) is 7.82. The van der Waals surface area contributed by atoms with Gasteiger partial charge in [-0.1, -0.05) is 60.2 Å². The van der Waals surface area contributed by atoms with Crippen LogP contribution in [0, 0.1) is 6.92 Å². The van der Waals surface area contributed by atoms with Crippen LogP contribution in [0.25, 0.3) is 17.0 Å². The molecule has 4 aromatic rings. The summed E-state index contributed by atoms with van der Waals surface area (Å²) in [4.78, 5) is 11.5. The van der Waals surface area contributed by atoms with E-state index in [-0.39, 0.29) is 6.04 Å². The lowest BCUT2D eigenvalue weighted by atomic mass is 10.0. The van der Waals surface area contributed by atoms with E-state index >= 15 is 0 Å². The third-order valence-corrected chi connectivity index (χ3v) is 5.75. The summed E-state index contributed by atoms with van der Waals surface area (Å²) in [6.45, 7) is 6.24. The Morgan fingerprint density at radius 2 is 1.81 bits per heavy atom.